The number of pyridine rings is 1. The molecule has 1 fully saturated rings. The van der Waals surface area contributed by atoms with Crippen LogP contribution in [0, 0.1) is 5.92 Å². The van der Waals surface area contributed by atoms with Gasteiger partial charge in [-0.3, -0.25) is 9.78 Å². The lowest BCUT2D eigenvalue weighted by Crippen LogP contribution is -2.40. The third-order valence-electron chi connectivity index (χ3n) is 3.43. The third-order valence-corrected chi connectivity index (χ3v) is 3.43. The monoisotopic (exact) mass is 234 g/mol. The Morgan fingerprint density at radius 3 is 2.71 bits per heavy atom. The zero-order valence-electron chi connectivity index (χ0n) is 9.80. The molecule has 1 unspecified atom stereocenters. The number of nitrogens with zero attached hydrogens (tertiary/aromatic N) is 1. The molecule has 17 heavy (non-hydrogen) atoms. The van der Waals surface area contributed by atoms with Crippen molar-refractivity contribution in [2.75, 3.05) is 0 Å². The minimum Gasteiger partial charge on any atom is -0.481 e. The first-order chi connectivity index (χ1) is 8.25. The molecule has 1 aromatic rings. The summed E-state index contributed by atoms with van der Waals surface area (Å²) in [6, 6.07) is 4.01. The number of rotatable bonds is 6. The first kappa shape index (κ1) is 12.0. The van der Waals surface area contributed by atoms with Crippen molar-refractivity contribution in [1.29, 1.82) is 0 Å². The van der Waals surface area contributed by atoms with Crippen LogP contribution in [0.2, 0.25) is 0 Å². The van der Waals surface area contributed by atoms with Crippen LogP contribution in [0.15, 0.2) is 24.5 Å². The largest absolute Gasteiger partial charge is 0.481 e. The summed E-state index contributed by atoms with van der Waals surface area (Å²) in [6.07, 6.45) is 7.27. The molecule has 0 spiro atoms. The van der Waals surface area contributed by atoms with Crippen molar-refractivity contribution in [2.45, 2.75) is 38.3 Å². The highest BCUT2D eigenvalue weighted by atomic mass is 16.4. The van der Waals surface area contributed by atoms with Gasteiger partial charge in [0.25, 0.3) is 0 Å². The van der Waals surface area contributed by atoms with Crippen LogP contribution in [0.4, 0.5) is 0 Å². The van der Waals surface area contributed by atoms with Crippen molar-refractivity contribution in [3.8, 4) is 0 Å². The van der Waals surface area contributed by atoms with Crippen LogP contribution in [-0.2, 0) is 11.3 Å². The van der Waals surface area contributed by atoms with Gasteiger partial charge >= 0.3 is 5.97 Å². The van der Waals surface area contributed by atoms with Gasteiger partial charge in [0, 0.05) is 25.0 Å². The highest BCUT2D eigenvalue weighted by Crippen LogP contribution is 2.31. The Kier molecular flexibility index (Phi) is 4.09. The maximum Gasteiger partial charge on any atom is 0.304 e. The van der Waals surface area contributed by atoms with Gasteiger partial charge in [-0.15, -0.1) is 0 Å². The zero-order valence-corrected chi connectivity index (χ0v) is 9.80. The Hall–Kier alpha value is -1.42. The van der Waals surface area contributed by atoms with Gasteiger partial charge in [-0.05, 0) is 36.5 Å². The molecule has 1 saturated carbocycles. The average molecular weight is 234 g/mol. The minimum absolute atomic E-state index is 0.106. The number of carbonyl (C=O) groups is 1. The molecule has 2 rings (SSSR count). The lowest BCUT2D eigenvalue weighted by molar-refractivity contribution is -0.138. The summed E-state index contributed by atoms with van der Waals surface area (Å²) in [6.45, 7) is 0.719. The fraction of sp³-hybridized carbons (Fsp3) is 0.538. The summed E-state index contributed by atoms with van der Waals surface area (Å²) < 4.78 is 0. The number of aromatic nitrogens is 1. The number of hydrogen-bond acceptors (Lipinski definition) is 3. The number of carboxylic acid groups (broad SMARTS) is 1. The Labute approximate surface area is 101 Å². The Balaban J connectivity index is 1.86. The van der Waals surface area contributed by atoms with Crippen LogP contribution in [0.25, 0.3) is 0 Å². The normalized spacial score (nSPS) is 17.4. The first-order valence-electron chi connectivity index (χ1n) is 6.10. The van der Waals surface area contributed by atoms with Crippen LogP contribution in [-0.4, -0.2) is 22.1 Å². The number of hydrogen-bond donors (Lipinski definition) is 2. The quantitative estimate of drug-likeness (QED) is 0.788. The molecule has 4 heteroatoms. The van der Waals surface area contributed by atoms with Gasteiger partial charge in [0.05, 0.1) is 6.42 Å². The van der Waals surface area contributed by atoms with E-state index in [0.29, 0.717) is 5.92 Å². The lowest BCUT2D eigenvalue weighted by atomic mass is 9.78. The molecule has 0 aromatic carbocycles. The number of carboxylic acids is 1. The maximum absolute atomic E-state index is 10.8. The van der Waals surface area contributed by atoms with Crippen molar-refractivity contribution < 1.29 is 9.90 Å². The van der Waals surface area contributed by atoms with Gasteiger partial charge in [0.1, 0.15) is 0 Å². The molecular weight excluding hydrogens is 216 g/mol. The zero-order chi connectivity index (χ0) is 12.1. The minimum atomic E-state index is -0.718. The Morgan fingerprint density at radius 1 is 1.47 bits per heavy atom. The van der Waals surface area contributed by atoms with Crippen LogP contribution in [0.5, 0.6) is 0 Å². The molecule has 1 heterocycles. The Morgan fingerprint density at radius 2 is 2.18 bits per heavy atom. The van der Waals surface area contributed by atoms with E-state index in [9.17, 15) is 4.79 Å². The van der Waals surface area contributed by atoms with Gasteiger partial charge < -0.3 is 10.4 Å². The fourth-order valence-corrected chi connectivity index (χ4v) is 2.19. The molecule has 1 atom stereocenters. The summed E-state index contributed by atoms with van der Waals surface area (Å²) in [5.74, 6) is -0.183. The molecule has 0 aliphatic heterocycles. The van der Waals surface area contributed by atoms with Crippen molar-refractivity contribution in [2.24, 2.45) is 5.92 Å². The SMILES string of the molecule is O=C(O)CC(NCc1ccncc1)C1CCC1. The van der Waals surface area contributed by atoms with Crippen LogP contribution < -0.4 is 5.32 Å². The summed E-state index contributed by atoms with van der Waals surface area (Å²) in [5.41, 5.74) is 1.15. The fourth-order valence-electron chi connectivity index (χ4n) is 2.19. The molecule has 0 radical (unpaired) electrons. The summed E-state index contributed by atoms with van der Waals surface area (Å²) in [5, 5.41) is 12.3. The highest BCUT2D eigenvalue weighted by Gasteiger charge is 2.28. The van der Waals surface area contributed by atoms with E-state index in [1.165, 1.54) is 6.42 Å². The van der Waals surface area contributed by atoms with E-state index in [2.05, 4.69) is 10.3 Å². The molecule has 0 amide bonds. The van der Waals surface area contributed by atoms with Gasteiger partial charge in [-0.25, -0.2) is 0 Å². The van der Waals surface area contributed by atoms with E-state index in [1.807, 2.05) is 12.1 Å². The molecule has 92 valence electrons. The lowest BCUT2D eigenvalue weighted by Gasteiger charge is -2.33. The second kappa shape index (κ2) is 5.77. The highest BCUT2D eigenvalue weighted by molar-refractivity contribution is 5.67. The van der Waals surface area contributed by atoms with Crippen LogP contribution in [0.1, 0.15) is 31.2 Å². The molecule has 1 aliphatic rings. The van der Waals surface area contributed by atoms with Gasteiger partial charge in [-0.2, -0.15) is 0 Å². The molecular formula is C13H18N2O2. The second-order valence-electron chi connectivity index (χ2n) is 4.63. The number of nitrogens with one attached hydrogen (secondary N) is 1. The molecule has 0 saturated heterocycles. The second-order valence-corrected chi connectivity index (χ2v) is 4.63. The van der Waals surface area contributed by atoms with Crippen molar-refractivity contribution in [3.63, 3.8) is 0 Å². The van der Waals surface area contributed by atoms with E-state index >= 15 is 0 Å². The average Bonchev–Trinajstić information content (AvgIpc) is 2.24. The molecule has 1 aromatic heterocycles. The van der Waals surface area contributed by atoms with E-state index < -0.39 is 5.97 Å². The number of aliphatic carboxylic acids is 1. The van der Waals surface area contributed by atoms with Crippen molar-refractivity contribution >= 4 is 5.97 Å². The van der Waals surface area contributed by atoms with Gasteiger partial charge in [-0.1, -0.05) is 6.42 Å². The predicted octanol–water partition coefficient (Wildman–Crippen LogP) is 1.81. The maximum atomic E-state index is 10.8. The van der Waals surface area contributed by atoms with Crippen LogP contribution in [0.3, 0.4) is 0 Å². The predicted molar refractivity (Wildman–Crippen MR) is 64.5 cm³/mol. The van der Waals surface area contributed by atoms with E-state index in [0.717, 1.165) is 24.9 Å². The third kappa shape index (κ3) is 3.53. The van der Waals surface area contributed by atoms with E-state index in [1.54, 1.807) is 12.4 Å². The van der Waals surface area contributed by atoms with E-state index in [-0.39, 0.29) is 12.5 Å². The molecule has 1 aliphatic carbocycles. The smallest absolute Gasteiger partial charge is 0.304 e. The van der Waals surface area contributed by atoms with E-state index in [4.69, 9.17) is 5.11 Å². The Bertz CT molecular complexity index is 363. The molecule has 2 N–H and O–H groups in total. The van der Waals surface area contributed by atoms with Gasteiger partial charge in [0.15, 0.2) is 0 Å². The summed E-state index contributed by atoms with van der Waals surface area (Å²) >= 11 is 0. The van der Waals surface area contributed by atoms with Crippen molar-refractivity contribution in [1.82, 2.24) is 10.3 Å². The summed E-state index contributed by atoms with van der Waals surface area (Å²) in [4.78, 5) is 14.8. The molecule has 0 bridgehead atoms. The molecule has 4 nitrogen and oxygen atoms in total. The van der Waals surface area contributed by atoms with Gasteiger partial charge in [0.2, 0.25) is 0 Å². The first-order valence-corrected chi connectivity index (χ1v) is 6.10. The standard InChI is InChI=1S/C13H18N2O2/c16-13(17)8-12(11-2-1-3-11)15-9-10-4-6-14-7-5-10/h4-7,11-12,15H,1-3,8-9H2,(H,16,17). The summed E-state index contributed by atoms with van der Waals surface area (Å²) in [7, 11) is 0. The van der Waals surface area contributed by atoms with Crippen molar-refractivity contribution in [3.05, 3.63) is 30.1 Å². The van der Waals surface area contributed by atoms with Crippen LogP contribution >= 0.6 is 0 Å². The topological polar surface area (TPSA) is 62.2 Å².